The smallest absolute Gasteiger partial charge is 0.102 e. The predicted molar refractivity (Wildman–Crippen MR) is 554 cm³/mol. The number of halogens is 8. The summed E-state index contributed by atoms with van der Waals surface area (Å²) in [4.78, 5) is 4.89. The summed E-state index contributed by atoms with van der Waals surface area (Å²) in [6.45, 7) is 75.5. The van der Waals surface area contributed by atoms with Crippen molar-refractivity contribution in [2.75, 3.05) is 47.5 Å². The van der Waals surface area contributed by atoms with Gasteiger partial charge in [-0.1, -0.05) is 354 Å². The van der Waals surface area contributed by atoms with Gasteiger partial charge in [0.25, 0.3) is 0 Å². The van der Waals surface area contributed by atoms with Crippen LogP contribution in [0.1, 0.15) is 351 Å². The van der Waals surface area contributed by atoms with Crippen LogP contribution in [0.5, 0.6) is 46.0 Å². The van der Waals surface area contributed by atoms with E-state index in [0.717, 1.165) is 211 Å². The van der Waals surface area contributed by atoms with Gasteiger partial charge in [0, 0.05) is 62.2 Å². The minimum absolute atomic E-state index is 0. The van der Waals surface area contributed by atoms with Gasteiger partial charge in [-0.15, -0.1) is 92.8 Å². The van der Waals surface area contributed by atoms with Gasteiger partial charge in [-0.25, -0.2) is 0 Å². The van der Waals surface area contributed by atoms with E-state index in [1.54, 1.807) is 0 Å². The number of rotatable bonds is 30. The number of unbranched alkanes of at least 4 members (excludes halogenated alkanes) is 6. The quantitative estimate of drug-likeness (QED) is 0.0247. The van der Waals surface area contributed by atoms with Gasteiger partial charge in [0.05, 0.1) is 47.5 Å². The van der Waals surface area contributed by atoms with Crippen LogP contribution < -0.4 is 60.5 Å². The molecule has 138 heavy (non-hydrogen) atoms. The van der Waals surface area contributed by atoms with Gasteiger partial charge in [0.15, 0.2) is 0 Å². The largest absolute Gasteiger partial charge is 2.00 e. The zero-order valence-electron chi connectivity index (χ0n) is 89.1. The second-order valence-electron chi connectivity index (χ2n) is 44.9. The van der Waals surface area contributed by atoms with Gasteiger partial charge in [-0.3, -0.25) is 0 Å². The molecule has 0 aromatic heterocycles. The van der Waals surface area contributed by atoms with Crippen LogP contribution in [0.25, 0.3) is 0 Å². The SMILES string of the molecule is Cc1cc(C(C)(C)C)cc(C[NH+](CCCCCC[NH+](Cc2cc(C(C)(C)C)cc(C)c2[O-])Cc2cc(C(C)(C)C)cc(C)c2[O-])Cc2cc(C(C)(C)C)cc(C)c2[O-])c1[O-].Cc1cc(C(C)(C)C)cc(C[NH+](CCCCCC[NH+](Cc2cc(C(C)(C)C)cc(C)c2[O-])Cc2cc(C(C)(C)C)cc(C)c2[O-])Cc2cc(C(C)(C)C)cc(C)c2[O-])c1[O-].ClCCl.ClCCl.ClCCl.ClCCl.[O-2].[O-2].[O-2].[O-2].[U].[U]. The van der Waals surface area contributed by atoms with Gasteiger partial charge in [0.2, 0.25) is 0 Å². The Morgan fingerprint density at radius 3 is 0.348 bits per heavy atom. The van der Waals surface area contributed by atoms with Crippen LogP contribution in [-0.2, 0) is 118 Å². The summed E-state index contributed by atoms with van der Waals surface area (Å²) in [5.41, 5.74) is 21.3. The molecule has 8 rings (SSSR count). The summed E-state index contributed by atoms with van der Waals surface area (Å²) in [5, 5.41) is 109. The molecular formula is C112H164Cl8N4O12U2-12. The van der Waals surface area contributed by atoms with Crippen molar-refractivity contribution < 1.29 is 145 Å². The standard InChI is InChI=1S/2C54H80N2O4.4CH2Cl2.4O.2U/c2*1-35-23-43(51(5,6)7)27-39(47(35)57)31-55(32-40-28-44(52(8,9)10)24-36(2)48(40)58)21-19-17-18-20-22-56(33-41-29-45(53(11,12)13)25-37(3)49(41)59)34-42-30-46(54(14,15)16)26-38(4)50(42)60;4*2-1-3;;;;;;/h2*23-30,57-60H,17-22,31-34H2,1-16H3;4*1H2;;;;;;/q;;;;;;4*-2;;/p-4. The minimum atomic E-state index is -0.0868. The molecule has 0 saturated heterocycles. The molecule has 0 heterocycles. The third kappa shape index (κ3) is 46.1. The van der Waals surface area contributed by atoms with E-state index in [1.807, 2.05) is 104 Å². The Morgan fingerprint density at radius 2 is 0.268 bits per heavy atom. The van der Waals surface area contributed by atoms with Crippen molar-refractivity contribution in [3.63, 3.8) is 0 Å². The Hall–Kier alpha value is -3.74. The molecule has 0 spiro atoms. The fourth-order valence-electron chi connectivity index (χ4n) is 16.6. The van der Waals surface area contributed by atoms with Gasteiger partial charge in [0.1, 0.15) is 52.4 Å². The van der Waals surface area contributed by atoms with Crippen molar-refractivity contribution in [2.45, 2.75) is 369 Å². The maximum atomic E-state index is 13.6. The first kappa shape index (κ1) is 141. The normalized spacial score (nSPS) is 11.7. The number of nitrogens with one attached hydrogen (secondary N) is 4. The van der Waals surface area contributed by atoms with Crippen LogP contribution in [-0.4, -0.2) is 47.5 Å². The molecule has 0 fully saturated rings. The number of hydrogen-bond acceptors (Lipinski definition) is 8. The maximum Gasteiger partial charge on any atom is 0.102 e. The zero-order chi connectivity index (χ0) is 101. The summed E-state index contributed by atoms with van der Waals surface area (Å²) in [6, 6.07) is 33.0. The van der Waals surface area contributed by atoms with Crippen molar-refractivity contribution in [2.24, 2.45) is 0 Å². The molecule has 8 aromatic rings. The van der Waals surface area contributed by atoms with Crippen LogP contribution in [0.2, 0.25) is 0 Å². The van der Waals surface area contributed by atoms with Crippen molar-refractivity contribution in [1.29, 1.82) is 0 Å². The molecule has 8 aromatic carbocycles. The van der Waals surface area contributed by atoms with E-state index in [-0.39, 0.29) is 195 Å². The Balaban J connectivity index is -0.00000112. The first-order valence-electron chi connectivity index (χ1n) is 47.1. The molecule has 0 aliphatic rings. The van der Waals surface area contributed by atoms with Crippen molar-refractivity contribution in [1.82, 2.24) is 0 Å². The molecular weight excluding hydrogens is 2350 g/mol. The van der Waals surface area contributed by atoms with Crippen molar-refractivity contribution in [3.8, 4) is 46.0 Å². The van der Waals surface area contributed by atoms with E-state index in [0.29, 0.717) is 52.4 Å². The molecule has 0 aliphatic carbocycles. The van der Waals surface area contributed by atoms with Gasteiger partial charge in [-0.05, 0) is 239 Å². The average molecular weight is 2520 g/mol. The zero-order valence-corrected chi connectivity index (χ0v) is 104. The molecule has 0 saturated carbocycles. The minimum Gasteiger partial charge on any atom is -2.00 e. The van der Waals surface area contributed by atoms with Crippen molar-refractivity contribution in [3.05, 3.63) is 231 Å². The molecule has 0 amide bonds. The van der Waals surface area contributed by atoms with Crippen LogP contribution in [0.15, 0.2) is 97.1 Å². The number of alkyl halides is 8. The summed E-state index contributed by atoms with van der Waals surface area (Å²) in [6.07, 6.45) is 7.84. The molecule has 26 heteroatoms. The summed E-state index contributed by atoms with van der Waals surface area (Å²) in [5.74, 6) is 0.774. The summed E-state index contributed by atoms with van der Waals surface area (Å²) < 4.78 is 0. The second-order valence-corrected chi connectivity index (χ2v) is 48.1. The van der Waals surface area contributed by atoms with E-state index >= 15 is 0 Å². The van der Waals surface area contributed by atoms with E-state index in [2.05, 4.69) is 215 Å². The molecule has 16 nitrogen and oxygen atoms in total. The molecule has 0 radical (unpaired) electrons. The Morgan fingerprint density at radius 1 is 0.181 bits per heavy atom. The molecule has 0 unspecified atom stereocenters. The number of quaternary nitrogens is 4. The fraction of sp³-hybridized carbons (Fsp3) is 0.571. The third-order valence-corrected chi connectivity index (χ3v) is 24.9. The van der Waals surface area contributed by atoms with Crippen LogP contribution in [0, 0.1) is 118 Å². The Labute approximate surface area is 921 Å². The monoisotopic (exact) mass is 2510 g/mol. The maximum absolute atomic E-state index is 13.6. The van der Waals surface area contributed by atoms with E-state index in [1.165, 1.54) is 19.6 Å². The van der Waals surface area contributed by atoms with E-state index in [4.69, 9.17) is 92.8 Å². The summed E-state index contributed by atoms with van der Waals surface area (Å²) >= 11 is 38.1. The van der Waals surface area contributed by atoms with Gasteiger partial charge >= 0.3 is 0 Å². The first-order valence-corrected chi connectivity index (χ1v) is 51.4. The molecule has 4 N–H and O–H groups in total. The van der Waals surface area contributed by atoms with Crippen LogP contribution in [0.3, 0.4) is 0 Å². The number of aryl methyl sites for hydroxylation is 8. The Kier molecular flexibility index (Phi) is 64.2. The first-order chi connectivity index (χ1) is 60.8. The van der Waals surface area contributed by atoms with E-state index < -0.39 is 0 Å². The molecule has 0 bridgehead atoms. The third-order valence-electron chi connectivity index (χ3n) is 24.9. The Bertz CT molecular complexity index is 4060. The molecule has 0 atom stereocenters. The summed E-state index contributed by atoms with van der Waals surface area (Å²) in [7, 11) is 0. The van der Waals surface area contributed by atoms with Crippen LogP contribution >= 0.6 is 92.8 Å². The molecule has 780 valence electrons. The van der Waals surface area contributed by atoms with Gasteiger partial charge in [-0.2, -0.15) is 0 Å². The topological polar surface area (TPSA) is 316 Å². The second kappa shape index (κ2) is 63.1. The van der Waals surface area contributed by atoms with Crippen LogP contribution in [0.4, 0.5) is 0 Å². The van der Waals surface area contributed by atoms with E-state index in [9.17, 15) is 40.9 Å². The predicted octanol–water partition coefficient (Wildman–Crippen LogP) is 20.9. The van der Waals surface area contributed by atoms with Crippen molar-refractivity contribution >= 4 is 92.8 Å². The molecule has 0 aliphatic heterocycles. The number of hydrogen-bond donors (Lipinski definition) is 4. The van der Waals surface area contributed by atoms with Gasteiger partial charge < -0.3 is 82.4 Å². The number of benzene rings is 8. The fourth-order valence-corrected chi connectivity index (χ4v) is 16.6. The average Bonchev–Trinajstić information content (AvgIpc) is 0.803.